The van der Waals surface area contributed by atoms with Crippen molar-refractivity contribution in [2.45, 2.75) is 57.9 Å². The molecule has 1 aromatic rings. The maximum Gasteiger partial charge on any atom is 0.427 e. The number of alkyl halides is 3. The number of hydrogen-bond acceptors (Lipinski definition) is 3. The van der Waals surface area contributed by atoms with Crippen LogP contribution in [0.25, 0.3) is 0 Å². The second kappa shape index (κ2) is 6.28. The molecule has 0 aliphatic heterocycles. The maximum absolute atomic E-state index is 12.5. The normalized spacial score (nSPS) is 15.3. The summed E-state index contributed by atoms with van der Waals surface area (Å²) in [6.45, 7) is 6.19. The Morgan fingerprint density at radius 2 is 1.82 bits per heavy atom. The van der Waals surface area contributed by atoms with Crippen molar-refractivity contribution in [3.8, 4) is 0 Å². The minimum atomic E-state index is -5.07. The molecule has 0 fully saturated rings. The van der Waals surface area contributed by atoms with E-state index in [1.165, 1.54) is 0 Å². The first-order chi connectivity index (χ1) is 9.91. The Hall–Kier alpha value is -1.56. The van der Waals surface area contributed by atoms with Crippen LogP contribution >= 0.6 is 0 Å². The predicted octanol–water partition coefficient (Wildman–Crippen LogP) is 3.73. The third kappa shape index (κ3) is 4.00. The Labute approximate surface area is 128 Å². The van der Waals surface area contributed by atoms with Crippen LogP contribution in [0.2, 0.25) is 0 Å². The standard InChI is InChI=1S/C16H21F3O3/c1-5-14(2,3)12-8-6-7-11(9-12)10-22-13(20)15(4,21)16(17,18)19/h6-9,21H,5,10H2,1-4H3. The van der Waals surface area contributed by atoms with Gasteiger partial charge in [-0.1, -0.05) is 45.0 Å². The van der Waals surface area contributed by atoms with E-state index in [-0.39, 0.29) is 12.0 Å². The summed E-state index contributed by atoms with van der Waals surface area (Å²) in [6, 6.07) is 7.13. The molecule has 0 saturated heterocycles. The van der Waals surface area contributed by atoms with Crippen LogP contribution < -0.4 is 0 Å². The number of hydrogen-bond donors (Lipinski definition) is 1. The van der Waals surface area contributed by atoms with E-state index >= 15 is 0 Å². The van der Waals surface area contributed by atoms with Gasteiger partial charge >= 0.3 is 12.1 Å². The van der Waals surface area contributed by atoms with Gasteiger partial charge in [-0.2, -0.15) is 13.2 Å². The summed E-state index contributed by atoms with van der Waals surface area (Å²) in [5.74, 6) is -1.71. The van der Waals surface area contributed by atoms with Gasteiger partial charge in [0.05, 0.1) is 0 Å². The van der Waals surface area contributed by atoms with Gasteiger partial charge in [0.25, 0.3) is 5.60 Å². The average Bonchev–Trinajstić information content (AvgIpc) is 2.43. The van der Waals surface area contributed by atoms with E-state index < -0.39 is 17.7 Å². The lowest BCUT2D eigenvalue weighted by Crippen LogP contribution is -2.50. The molecule has 124 valence electrons. The molecule has 0 radical (unpaired) electrons. The van der Waals surface area contributed by atoms with Crippen molar-refractivity contribution in [3.05, 3.63) is 35.4 Å². The van der Waals surface area contributed by atoms with Gasteiger partial charge in [-0.05, 0) is 29.9 Å². The molecule has 0 bridgehead atoms. The zero-order valence-corrected chi connectivity index (χ0v) is 13.1. The molecule has 0 amide bonds. The fourth-order valence-corrected chi connectivity index (χ4v) is 1.69. The Kier molecular flexibility index (Phi) is 5.28. The number of rotatable bonds is 5. The van der Waals surface area contributed by atoms with Crippen molar-refractivity contribution in [2.24, 2.45) is 0 Å². The topological polar surface area (TPSA) is 46.5 Å². The first kappa shape index (κ1) is 18.5. The zero-order chi connectivity index (χ0) is 17.2. The molecule has 1 unspecified atom stereocenters. The lowest BCUT2D eigenvalue weighted by molar-refractivity contribution is -0.257. The van der Waals surface area contributed by atoms with E-state index in [2.05, 4.69) is 4.74 Å². The van der Waals surface area contributed by atoms with Crippen molar-refractivity contribution in [3.63, 3.8) is 0 Å². The third-order valence-corrected chi connectivity index (χ3v) is 3.91. The van der Waals surface area contributed by atoms with Gasteiger partial charge in [-0.25, -0.2) is 4.79 Å². The molecular weight excluding hydrogens is 297 g/mol. The highest BCUT2D eigenvalue weighted by molar-refractivity contribution is 5.79. The number of aliphatic hydroxyl groups is 1. The molecule has 0 spiro atoms. The van der Waals surface area contributed by atoms with Crippen LogP contribution in [0.4, 0.5) is 13.2 Å². The molecule has 0 heterocycles. The van der Waals surface area contributed by atoms with Crippen molar-refractivity contribution in [1.82, 2.24) is 0 Å². The molecule has 0 aliphatic carbocycles. The van der Waals surface area contributed by atoms with Crippen LogP contribution in [0.5, 0.6) is 0 Å². The van der Waals surface area contributed by atoms with Gasteiger partial charge in [0.2, 0.25) is 0 Å². The molecule has 0 saturated carbocycles. The second-order valence-electron chi connectivity index (χ2n) is 6.08. The van der Waals surface area contributed by atoms with Crippen molar-refractivity contribution in [1.29, 1.82) is 0 Å². The zero-order valence-electron chi connectivity index (χ0n) is 13.1. The van der Waals surface area contributed by atoms with E-state index in [4.69, 9.17) is 0 Å². The highest BCUT2D eigenvalue weighted by Gasteiger charge is 2.57. The minimum absolute atomic E-state index is 0.0858. The van der Waals surface area contributed by atoms with Gasteiger partial charge in [0, 0.05) is 0 Å². The van der Waals surface area contributed by atoms with Gasteiger partial charge in [0.1, 0.15) is 6.61 Å². The van der Waals surface area contributed by atoms with Crippen LogP contribution in [0.1, 0.15) is 45.2 Å². The molecular formula is C16H21F3O3. The summed E-state index contributed by atoms with van der Waals surface area (Å²) in [4.78, 5) is 11.4. The summed E-state index contributed by atoms with van der Waals surface area (Å²) in [6.07, 6.45) is -4.19. The van der Waals surface area contributed by atoms with E-state index in [0.717, 1.165) is 12.0 Å². The average molecular weight is 318 g/mol. The van der Waals surface area contributed by atoms with Crippen LogP contribution in [0, 0.1) is 0 Å². The Balaban J connectivity index is 2.82. The Bertz CT molecular complexity index is 534. The van der Waals surface area contributed by atoms with Crippen LogP contribution in [-0.2, 0) is 21.6 Å². The number of carbonyl (C=O) groups is 1. The molecule has 22 heavy (non-hydrogen) atoms. The number of ether oxygens (including phenoxy) is 1. The molecule has 1 N–H and O–H groups in total. The maximum atomic E-state index is 12.5. The van der Waals surface area contributed by atoms with Gasteiger partial charge < -0.3 is 9.84 Å². The minimum Gasteiger partial charge on any atom is -0.458 e. The second-order valence-corrected chi connectivity index (χ2v) is 6.08. The number of benzene rings is 1. The Morgan fingerprint density at radius 1 is 1.23 bits per heavy atom. The summed E-state index contributed by atoms with van der Waals surface area (Å²) >= 11 is 0. The number of esters is 1. The summed E-state index contributed by atoms with van der Waals surface area (Å²) in [7, 11) is 0. The fraction of sp³-hybridized carbons (Fsp3) is 0.562. The highest BCUT2D eigenvalue weighted by Crippen LogP contribution is 2.31. The predicted molar refractivity (Wildman–Crippen MR) is 76.2 cm³/mol. The first-order valence-electron chi connectivity index (χ1n) is 6.97. The van der Waals surface area contributed by atoms with Gasteiger partial charge in [-0.3, -0.25) is 0 Å². The van der Waals surface area contributed by atoms with Crippen molar-refractivity contribution < 1.29 is 27.8 Å². The number of carbonyl (C=O) groups excluding carboxylic acids is 1. The smallest absolute Gasteiger partial charge is 0.427 e. The molecule has 1 rings (SSSR count). The lowest BCUT2D eigenvalue weighted by Gasteiger charge is -2.25. The van der Waals surface area contributed by atoms with Crippen molar-refractivity contribution in [2.75, 3.05) is 0 Å². The van der Waals surface area contributed by atoms with Gasteiger partial charge in [-0.15, -0.1) is 0 Å². The van der Waals surface area contributed by atoms with Gasteiger partial charge in [0.15, 0.2) is 0 Å². The molecule has 0 aliphatic rings. The Morgan fingerprint density at radius 3 is 2.32 bits per heavy atom. The monoisotopic (exact) mass is 318 g/mol. The van der Waals surface area contributed by atoms with E-state index in [1.807, 2.05) is 26.8 Å². The third-order valence-electron chi connectivity index (χ3n) is 3.91. The molecule has 1 aromatic carbocycles. The van der Waals surface area contributed by atoms with E-state index in [1.54, 1.807) is 18.2 Å². The molecule has 0 aromatic heterocycles. The van der Waals surface area contributed by atoms with Crippen LogP contribution in [-0.4, -0.2) is 22.9 Å². The first-order valence-corrected chi connectivity index (χ1v) is 6.97. The van der Waals surface area contributed by atoms with Crippen molar-refractivity contribution >= 4 is 5.97 Å². The molecule has 6 heteroatoms. The summed E-state index contributed by atoms with van der Waals surface area (Å²) in [5.41, 5.74) is -2.01. The summed E-state index contributed by atoms with van der Waals surface area (Å²) < 4.78 is 42.2. The summed E-state index contributed by atoms with van der Waals surface area (Å²) in [5, 5.41) is 9.22. The van der Waals surface area contributed by atoms with E-state index in [0.29, 0.717) is 12.5 Å². The van der Waals surface area contributed by atoms with Crippen LogP contribution in [0.3, 0.4) is 0 Å². The SMILES string of the molecule is CCC(C)(C)c1cccc(COC(=O)C(C)(O)C(F)(F)F)c1. The fourth-order valence-electron chi connectivity index (χ4n) is 1.69. The molecule has 3 nitrogen and oxygen atoms in total. The lowest BCUT2D eigenvalue weighted by atomic mass is 9.82. The largest absolute Gasteiger partial charge is 0.458 e. The van der Waals surface area contributed by atoms with E-state index in [9.17, 15) is 23.1 Å². The molecule has 1 atom stereocenters. The number of halogens is 3. The quantitative estimate of drug-likeness (QED) is 0.842. The van der Waals surface area contributed by atoms with Crippen LogP contribution in [0.15, 0.2) is 24.3 Å². The highest BCUT2D eigenvalue weighted by atomic mass is 19.4.